The fraction of sp³-hybridized carbons (Fsp3) is 0.269. The fourth-order valence-corrected chi connectivity index (χ4v) is 5.66. The predicted molar refractivity (Wildman–Crippen MR) is 134 cm³/mol. The summed E-state index contributed by atoms with van der Waals surface area (Å²) in [6, 6.07) is 14.2. The van der Waals surface area contributed by atoms with Crippen LogP contribution in [0.1, 0.15) is 30.0 Å². The molecule has 3 atom stereocenters. The Hall–Kier alpha value is -3.90. The van der Waals surface area contributed by atoms with E-state index in [-0.39, 0.29) is 23.6 Å². The van der Waals surface area contributed by atoms with Crippen LogP contribution in [0.25, 0.3) is 0 Å². The van der Waals surface area contributed by atoms with E-state index in [1.54, 1.807) is 17.9 Å². The number of rotatable bonds is 9. The molecule has 9 nitrogen and oxygen atoms in total. The van der Waals surface area contributed by atoms with Crippen molar-refractivity contribution < 1.29 is 26.7 Å². The molecular formula is C26H25F2N5O4S. The molecule has 1 aliphatic rings. The number of benzene rings is 2. The van der Waals surface area contributed by atoms with Crippen molar-refractivity contribution in [3.05, 3.63) is 96.2 Å². The lowest BCUT2D eigenvalue weighted by molar-refractivity contribution is 0.0375. The van der Waals surface area contributed by atoms with Gasteiger partial charge in [-0.3, -0.25) is 9.40 Å². The summed E-state index contributed by atoms with van der Waals surface area (Å²) in [5.74, 6) is -2.83. The van der Waals surface area contributed by atoms with E-state index in [9.17, 15) is 12.8 Å². The van der Waals surface area contributed by atoms with Gasteiger partial charge in [0.05, 0.1) is 12.7 Å². The SMILES string of the molecule is Cn1nccc1C1C[C@H](OCc2ccccc2)CC1Oc1cc(F)c(S(=O)(=O)Nc2ccncn2)cc1F. The van der Waals surface area contributed by atoms with Crippen molar-refractivity contribution in [1.82, 2.24) is 19.7 Å². The smallest absolute Gasteiger partial charge is 0.266 e. The molecule has 12 heteroatoms. The zero-order valence-electron chi connectivity index (χ0n) is 20.4. The van der Waals surface area contributed by atoms with Crippen molar-refractivity contribution in [3.8, 4) is 5.75 Å². The van der Waals surface area contributed by atoms with E-state index in [2.05, 4.69) is 19.8 Å². The fourth-order valence-electron chi connectivity index (χ4n) is 4.58. The van der Waals surface area contributed by atoms with Crippen LogP contribution in [-0.4, -0.2) is 40.4 Å². The summed E-state index contributed by atoms with van der Waals surface area (Å²) in [5.41, 5.74) is 1.89. The maximum atomic E-state index is 15.1. The Balaban J connectivity index is 1.36. The number of nitrogens with zero attached hydrogens (tertiary/aromatic N) is 4. The lowest BCUT2D eigenvalue weighted by Crippen LogP contribution is -2.23. The van der Waals surface area contributed by atoms with Gasteiger partial charge < -0.3 is 9.47 Å². The Kier molecular flexibility index (Phi) is 7.34. The number of anilines is 1. The summed E-state index contributed by atoms with van der Waals surface area (Å²) in [6.07, 6.45) is 4.38. The molecular weight excluding hydrogens is 516 g/mol. The Morgan fingerprint density at radius 1 is 1.05 bits per heavy atom. The van der Waals surface area contributed by atoms with Crippen LogP contribution >= 0.6 is 0 Å². The summed E-state index contributed by atoms with van der Waals surface area (Å²) >= 11 is 0. The van der Waals surface area contributed by atoms with Crippen molar-refractivity contribution >= 4 is 15.8 Å². The van der Waals surface area contributed by atoms with Crippen molar-refractivity contribution in [1.29, 1.82) is 0 Å². The monoisotopic (exact) mass is 541 g/mol. The Morgan fingerprint density at radius 2 is 1.87 bits per heavy atom. The molecule has 198 valence electrons. The minimum Gasteiger partial charge on any atom is -0.486 e. The Labute approximate surface area is 218 Å². The van der Waals surface area contributed by atoms with Gasteiger partial charge in [0.25, 0.3) is 10.0 Å². The van der Waals surface area contributed by atoms with Crippen LogP contribution in [0.4, 0.5) is 14.6 Å². The third-order valence-corrected chi connectivity index (χ3v) is 7.77. The van der Waals surface area contributed by atoms with Crippen LogP contribution in [0.3, 0.4) is 0 Å². The number of sulfonamides is 1. The highest BCUT2D eigenvalue weighted by atomic mass is 32.2. The van der Waals surface area contributed by atoms with Gasteiger partial charge in [0.15, 0.2) is 11.6 Å². The molecule has 0 spiro atoms. The molecule has 2 aromatic heterocycles. The summed E-state index contributed by atoms with van der Waals surface area (Å²) < 4.78 is 71.3. The topological polar surface area (TPSA) is 108 Å². The molecule has 0 aliphatic heterocycles. The molecule has 1 saturated carbocycles. The summed E-state index contributed by atoms with van der Waals surface area (Å²) in [6.45, 7) is 0.408. The van der Waals surface area contributed by atoms with E-state index < -0.39 is 32.7 Å². The number of hydrogen-bond acceptors (Lipinski definition) is 7. The second-order valence-electron chi connectivity index (χ2n) is 8.95. The molecule has 1 N–H and O–H groups in total. The third kappa shape index (κ3) is 5.65. The highest BCUT2D eigenvalue weighted by Crippen LogP contribution is 2.40. The maximum Gasteiger partial charge on any atom is 0.266 e. The van der Waals surface area contributed by atoms with Crippen molar-refractivity contribution in [2.45, 2.75) is 42.5 Å². The number of aryl methyl sites for hydroxylation is 1. The molecule has 0 saturated heterocycles. The molecule has 1 aliphatic carbocycles. The van der Waals surface area contributed by atoms with Crippen LogP contribution in [0, 0.1) is 11.6 Å². The van der Waals surface area contributed by atoms with E-state index in [1.165, 1.54) is 12.3 Å². The molecule has 2 heterocycles. The first-order valence-corrected chi connectivity index (χ1v) is 13.4. The predicted octanol–water partition coefficient (Wildman–Crippen LogP) is 4.20. The van der Waals surface area contributed by atoms with Gasteiger partial charge in [-0.15, -0.1) is 0 Å². The van der Waals surface area contributed by atoms with Crippen LogP contribution in [-0.2, 0) is 28.4 Å². The number of hydrogen-bond donors (Lipinski definition) is 1. The first kappa shape index (κ1) is 25.7. The van der Waals surface area contributed by atoms with Gasteiger partial charge in [-0.25, -0.2) is 27.2 Å². The van der Waals surface area contributed by atoms with Gasteiger partial charge in [0.1, 0.15) is 29.0 Å². The zero-order valence-corrected chi connectivity index (χ0v) is 21.2. The average molecular weight is 542 g/mol. The van der Waals surface area contributed by atoms with Crippen LogP contribution in [0.5, 0.6) is 5.75 Å². The minimum absolute atomic E-state index is 0.0772. The van der Waals surface area contributed by atoms with Crippen LogP contribution in [0.15, 0.2) is 78.2 Å². The van der Waals surface area contributed by atoms with Gasteiger partial charge in [-0.1, -0.05) is 30.3 Å². The quantitative estimate of drug-likeness (QED) is 0.338. The molecule has 2 aromatic carbocycles. The highest BCUT2D eigenvalue weighted by Gasteiger charge is 2.39. The molecule has 1 fully saturated rings. The van der Waals surface area contributed by atoms with Gasteiger partial charge in [-0.2, -0.15) is 5.10 Å². The molecule has 2 unspecified atom stereocenters. The number of ether oxygens (including phenoxy) is 2. The number of nitrogens with one attached hydrogen (secondary N) is 1. The lowest BCUT2D eigenvalue weighted by Gasteiger charge is -2.22. The van der Waals surface area contributed by atoms with Crippen LogP contribution in [0.2, 0.25) is 0 Å². The largest absolute Gasteiger partial charge is 0.486 e. The standard InChI is InChI=1S/C26H25F2N5O4S/c1-33-22(7-10-31-33)19-11-18(36-15-17-5-3-2-4-6-17)12-23(19)37-24-13-21(28)25(14-20(24)27)38(34,35)32-26-8-9-29-16-30-26/h2-10,13-14,16,18-19,23H,11-12,15H2,1H3,(H,29,30,32)/t18-,19?,23?/m0/s1. The Bertz CT molecular complexity index is 1500. The van der Waals surface area contributed by atoms with E-state index in [0.29, 0.717) is 25.5 Å². The molecule has 0 radical (unpaired) electrons. The summed E-state index contributed by atoms with van der Waals surface area (Å²) in [7, 11) is -2.65. The molecule has 5 rings (SSSR count). The van der Waals surface area contributed by atoms with Gasteiger partial charge in [-0.05, 0) is 24.1 Å². The lowest BCUT2D eigenvalue weighted by atomic mass is 10.0. The van der Waals surface area contributed by atoms with E-state index >= 15 is 4.39 Å². The highest BCUT2D eigenvalue weighted by molar-refractivity contribution is 7.92. The maximum absolute atomic E-state index is 15.1. The normalized spacial score (nSPS) is 19.4. The first-order chi connectivity index (χ1) is 18.3. The molecule has 38 heavy (non-hydrogen) atoms. The Morgan fingerprint density at radius 3 is 2.58 bits per heavy atom. The number of aromatic nitrogens is 4. The van der Waals surface area contributed by atoms with Gasteiger partial charge in [0, 0.05) is 49.6 Å². The second-order valence-corrected chi connectivity index (χ2v) is 10.6. The molecule has 0 amide bonds. The van der Waals surface area contributed by atoms with E-state index in [1.807, 2.05) is 36.4 Å². The van der Waals surface area contributed by atoms with Gasteiger partial charge in [0.2, 0.25) is 0 Å². The second kappa shape index (κ2) is 10.8. The van der Waals surface area contributed by atoms with Crippen LogP contribution < -0.4 is 9.46 Å². The molecule has 0 bridgehead atoms. The molecule has 4 aromatic rings. The minimum atomic E-state index is -4.45. The van der Waals surface area contributed by atoms with Crippen molar-refractivity contribution in [2.24, 2.45) is 7.05 Å². The first-order valence-electron chi connectivity index (χ1n) is 11.9. The van der Waals surface area contributed by atoms with Crippen molar-refractivity contribution in [3.63, 3.8) is 0 Å². The van der Waals surface area contributed by atoms with E-state index in [4.69, 9.17) is 9.47 Å². The number of halogens is 2. The van der Waals surface area contributed by atoms with E-state index in [0.717, 1.165) is 23.7 Å². The van der Waals surface area contributed by atoms with Crippen molar-refractivity contribution in [2.75, 3.05) is 4.72 Å². The third-order valence-electron chi connectivity index (χ3n) is 6.40. The zero-order chi connectivity index (χ0) is 26.7. The summed E-state index contributed by atoms with van der Waals surface area (Å²) in [5, 5.41) is 4.23. The van der Waals surface area contributed by atoms with Gasteiger partial charge >= 0.3 is 0 Å². The average Bonchev–Trinajstić information content (AvgIpc) is 3.51. The summed E-state index contributed by atoms with van der Waals surface area (Å²) in [4.78, 5) is 6.58.